The Labute approximate surface area is 114 Å². The van der Waals surface area contributed by atoms with Gasteiger partial charge in [-0.15, -0.1) is 11.8 Å². The van der Waals surface area contributed by atoms with Crippen molar-refractivity contribution in [2.45, 2.75) is 12.2 Å². The first-order valence-electron chi connectivity index (χ1n) is 5.16. The highest BCUT2D eigenvalue weighted by molar-refractivity contribution is 8.01. The third kappa shape index (κ3) is 4.46. The van der Waals surface area contributed by atoms with E-state index in [2.05, 4.69) is 5.32 Å². The predicted molar refractivity (Wildman–Crippen MR) is 75.6 cm³/mol. The van der Waals surface area contributed by atoms with E-state index in [1.807, 2.05) is 0 Å². The lowest BCUT2D eigenvalue weighted by Crippen LogP contribution is -2.25. The third-order valence-corrected chi connectivity index (χ3v) is 3.52. The number of hydrogen-bond donors (Lipinski definition) is 3. The summed E-state index contributed by atoms with van der Waals surface area (Å²) in [6.07, 6.45) is 0. The van der Waals surface area contributed by atoms with Crippen LogP contribution in [0.3, 0.4) is 0 Å². The van der Waals surface area contributed by atoms with E-state index in [0.717, 1.165) is 0 Å². The van der Waals surface area contributed by atoms with Crippen molar-refractivity contribution in [2.24, 2.45) is 5.73 Å². The Bertz CT molecular complexity index is 468. The minimum Gasteiger partial charge on any atom is -0.397 e. The van der Waals surface area contributed by atoms with Crippen molar-refractivity contribution in [2.75, 3.05) is 16.8 Å². The number of benzene rings is 1. The van der Waals surface area contributed by atoms with E-state index in [4.69, 9.17) is 23.1 Å². The Morgan fingerprint density at radius 3 is 2.72 bits per heavy atom. The molecule has 0 saturated heterocycles. The zero-order valence-electron chi connectivity index (χ0n) is 9.77. The van der Waals surface area contributed by atoms with E-state index >= 15 is 0 Å². The second-order valence-electron chi connectivity index (χ2n) is 3.64. The summed E-state index contributed by atoms with van der Waals surface area (Å²) in [7, 11) is 0. The Balaban J connectivity index is 2.61. The Hall–Kier alpha value is -1.40. The highest BCUT2D eigenvalue weighted by Gasteiger charge is 2.15. The summed E-state index contributed by atoms with van der Waals surface area (Å²) in [5, 5.41) is 2.77. The molecule has 0 heterocycles. The van der Waals surface area contributed by atoms with Crippen LogP contribution in [-0.2, 0) is 9.59 Å². The number of carbonyl (C=O) groups is 2. The van der Waals surface area contributed by atoms with E-state index in [1.165, 1.54) is 11.8 Å². The molecule has 5 nitrogen and oxygen atoms in total. The molecule has 1 aromatic rings. The van der Waals surface area contributed by atoms with Gasteiger partial charge in [0.1, 0.15) is 0 Å². The molecule has 0 fully saturated rings. The number of nitrogens with one attached hydrogen (secondary N) is 1. The topological polar surface area (TPSA) is 98.2 Å². The van der Waals surface area contributed by atoms with Gasteiger partial charge in [-0.2, -0.15) is 0 Å². The van der Waals surface area contributed by atoms with Crippen molar-refractivity contribution in [1.82, 2.24) is 0 Å². The Morgan fingerprint density at radius 2 is 2.17 bits per heavy atom. The lowest BCUT2D eigenvalue weighted by Gasteiger charge is -2.12. The molecule has 1 unspecified atom stereocenters. The number of amides is 2. The van der Waals surface area contributed by atoms with Crippen molar-refractivity contribution in [3.63, 3.8) is 0 Å². The van der Waals surface area contributed by atoms with Gasteiger partial charge in [-0.05, 0) is 25.1 Å². The number of nitrogen functional groups attached to an aromatic ring is 1. The fourth-order valence-corrected chi connectivity index (χ4v) is 1.97. The number of primary amides is 1. The number of thioether (sulfide) groups is 1. The smallest absolute Gasteiger partial charge is 0.237 e. The fourth-order valence-electron chi connectivity index (χ4n) is 1.16. The summed E-state index contributed by atoms with van der Waals surface area (Å²) in [4.78, 5) is 22.4. The molecule has 18 heavy (non-hydrogen) atoms. The molecule has 5 N–H and O–H groups in total. The van der Waals surface area contributed by atoms with Gasteiger partial charge in [0.15, 0.2) is 0 Å². The maximum Gasteiger partial charge on any atom is 0.237 e. The monoisotopic (exact) mass is 287 g/mol. The molecule has 0 aliphatic heterocycles. The highest BCUT2D eigenvalue weighted by atomic mass is 35.5. The van der Waals surface area contributed by atoms with E-state index in [0.29, 0.717) is 16.4 Å². The quantitative estimate of drug-likeness (QED) is 0.714. The number of halogens is 1. The van der Waals surface area contributed by atoms with Crippen LogP contribution in [0.25, 0.3) is 0 Å². The summed E-state index contributed by atoms with van der Waals surface area (Å²) in [6, 6.07) is 4.81. The van der Waals surface area contributed by atoms with Crippen molar-refractivity contribution in [3.05, 3.63) is 23.2 Å². The summed E-state index contributed by atoms with van der Waals surface area (Å²) >= 11 is 6.92. The summed E-state index contributed by atoms with van der Waals surface area (Å²) in [5.74, 6) is -0.592. The second-order valence-corrected chi connectivity index (χ2v) is 5.41. The second kappa shape index (κ2) is 6.51. The molecule has 1 atom stereocenters. The minimum atomic E-state index is -0.453. The predicted octanol–water partition coefficient (Wildman–Crippen LogP) is 1.47. The number of anilines is 2. The maximum absolute atomic E-state index is 11.8. The lowest BCUT2D eigenvalue weighted by atomic mass is 10.2. The van der Waals surface area contributed by atoms with Gasteiger partial charge in [-0.1, -0.05) is 11.6 Å². The first-order chi connectivity index (χ1) is 8.40. The van der Waals surface area contributed by atoms with Gasteiger partial charge in [0, 0.05) is 5.02 Å². The molecule has 7 heteroatoms. The van der Waals surface area contributed by atoms with Crippen molar-refractivity contribution in [3.8, 4) is 0 Å². The van der Waals surface area contributed by atoms with Gasteiger partial charge in [0.2, 0.25) is 11.8 Å². The molecule has 0 aromatic heterocycles. The van der Waals surface area contributed by atoms with Crippen LogP contribution in [0.5, 0.6) is 0 Å². The summed E-state index contributed by atoms with van der Waals surface area (Å²) < 4.78 is 0. The van der Waals surface area contributed by atoms with Crippen LogP contribution in [-0.4, -0.2) is 22.8 Å². The van der Waals surface area contributed by atoms with Gasteiger partial charge < -0.3 is 16.8 Å². The third-order valence-electron chi connectivity index (χ3n) is 2.12. The zero-order chi connectivity index (χ0) is 13.7. The fraction of sp³-hybridized carbons (Fsp3) is 0.273. The molecule has 0 spiro atoms. The lowest BCUT2D eigenvalue weighted by molar-refractivity contribution is -0.115. The summed E-state index contributed by atoms with van der Waals surface area (Å²) in [5.41, 5.74) is 11.6. The molecule has 1 rings (SSSR count). The van der Waals surface area contributed by atoms with Gasteiger partial charge in [-0.3, -0.25) is 9.59 Å². The van der Waals surface area contributed by atoms with Crippen LogP contribution in [0, 0.1) is 0 Å². The van der Waals surface area contributed by atoms with Crippen molar-refractivity contribution >= 4 is 46.6 Å². The van der Waals surface area contributed by atoms with Crippen LogP contribution in [0.15, 0.2) is 18.2 Å². The molecule has 0 bridgehead atoms. The first kappa shape index (κ1) is 14.7. The Morgan fingerprint density at radius 1 is 1.50 bits per heavy atom. The van der Waals surface area contributed by atoms with Gasteiger partial charge in [0.05, 0.1) is 22.4 Å². The SMILES string of the molecule is CC(SCC(N)=O)C(=O)Nc1ccc(Cl)cc1N. The molecule has 0 aliphatic carbocycles. The molecule has 98 valence electrons. The molecule has 0 aliphatic rings. The summed E-state index contributed by atoms with van der Waals surface area (Å²) in [6.45, 7) is 1.69. The average molecular weight is 288 g/mol. The molecule has 2 amide bonds. The number of nitrogens with two attached hydrogens (primary N) is 2. The van der Waals surface area contributed by atoms with E-state index in [1.54, 1.807) is 25.1 Å². The Kier molecular flexibility index (Phi) is 5.30. The average Bonchev–Trinajstić information content (AvgIpc) is 2.29. The molecular formula is C11H14ClN3O2S. The van der Waals surface area contributed by atoms with Gasteiger partial charge >= 0.3 is 0 Å². The van der Waals surface area contributed by atoms with Crippen molar-refractivity contribution < 1.29 is 9.59 Å². The van der Waals surface area contributed by atoms with Crippen LogP contribution < -0.4 is 16.8 Å². The number of carbonyl (C=O) groups excluding carboxylic acids is 2. The van der Waals surface area contributed by atoms with E-state index in [9.17, 15) is 9.59 Å². The minimum absolute atomic E-state index is 0.102. The van der Waals surface area contributed by atoms with E-state index in [-0.39, 0.29) is 11.7 Å². The molecular weight excluding hydrogens is 274 g/mol. The normalized spacial score (nSPS) is 11.9. The molecule has 1 aromatic carbocycles. The highest BCUT2D eigenvalue weighted by Crippen LogP contribution is 2.23. The molecule has 0 saturated carbocycles. The van der Waals surface area contributed by atoms with Gasteiger partial charge in [-0.25, -0.2) is 0 Å². The zero-order valence-corrected chi connectivity index (χ0v) is 11.3. The standard InChI is InChI=1S/C11H14ClN3O2S/c1-6(18-5-10(14)16)11(17)15-9-3-2-7(12)4-8(9)13/h2-4,6H,5,13H2,1H3,(H2,14,16)(H,15,17). The van der Waals surface area contributed by atoms with Crippen LogP contribution in [0.2, 0.25) is 5.02 Å². The van der Waals surface area contributed by atoms with E-state index < -0.39 is 11.2 Å². The number of rotatable bonds is 5. The van der Waals surface area contributed by atoms with Crippen LogP contribution in [0.1, 0.15) is 6.92 Å². The van der Waals surface area contributed by atoms with Gasteiger partial charge in [0.25, 0.3) is 0 Å². The van der Waals surface area contributed by atoms with Crippen LogP contribution in [0.4, 0.5) is 11.4 Å². The van der Waals surface area contributed by atoms with Crippen LogP contribution >= 0.6 is 23.4 Å². The first-order valence-corrected chi connectivity index (χ1v) is 6.58. The maximum atomic E-state index is 11.8. The molecule has 0 radical (unpaired) electrons. The largest absolute Gasteiger partial charge is 0.397 e. The number of hydrogen-bond acceptors (Lipinski definition) is 4. The van der Waals surface area contributed by atoms with Crippen molar-refractivity contribution in [1.29, 1.82) is 0 Å².